The fourth-order valence-corrected chi connectivity index (χ4v) is 2.42. The normalized spacial score (nSPS) is 14.9. The molecular formula is C14H26N2O. The third-order valence-electron chi connectivity index (χ3n) is 3.33. The molecule has 1 aromatic rings. The summed E-state index contributed by atoms with van der Waals surface area (Å²) in [4.78, 5) is 0. The molecule has 0 saturated carbocycles. The van der Waals surface area contributed by atoms with Crippen LogP contribution in [-0.2, 0) is 13.1 Å². The Balaban J connectivity index is 2.58. The minimum atomic E-state index is -0.236. The van der Waals surface area contributed by atoms with Crippen molar-refractivity contribution >= 4 is 0 Å². The number of aliphatic hydroxyl groups excluding tert-OH is 1. The van der Waals surface area contributed by atoms with Crippen molar-refractivity contribution in [1.29, 1.82) is 0 Å². The van der Waals surface area contributed by atoms with Gasteiger partial charge in [0, 0.05) is 30.5 Å². The van der Waals surface area contributed by atoms with Crippen LogP contribution in [0.15, 0.2) is 6.07 Å². The molecule has 0 spiro atoms. The third-order valence-corrected chi connectivity index (χ3v) is 3.33. The van der Waals surface area contributed by atoms with Crippen LogP contribution in [0.25, 0.3) is 0 Å². The number of aryl methyl sites for hydroxylation is 1. The SMILES string of the molecule is CCn1c(C)cc(CNC(C)CC(C)O)c1C. The largest absolute Gasteiger partial charge is 0.393 e. The topological polar surface area (TPSA) is 37.2 Å². The standard InChI is InChI=1S/C14H26N2O/c1-6-16-11(3)8-14(13(16)5)9-15-10(2)7-12(4)17/h8,10,12,15,17H,6-7,9H2,1-5H3. The summed E-state index contributed by atoms with van der Waals surface area (Å²) in [5, 5.41) is 12.8. The monoisotopic (exact) mass is 238 g/mol. The van der Waals surface area contributed by atoms with E-state index in [-0.39, 0.29) is 6.10 Å². The van der Waals surface area contributed by atoms with E-state index < -0.39 is 0 Å². The van der Waals surface area contributed by atoms with Crippen LogP contribution in [0, 0.1) is 13.8 Å². The minimum Gasteiger partial charge on any atom is -0.393 e. The van der Waals surface area contributed by atoms with Gasteiger partial charge in [0.05, 0.1) is 6.10 Å². The van der Waals surface area contributed by atoms with E-state index in [0.29, 0.717) is 6.04 Å². The number of aromatic nitrogens is 1. The smallest absolute Gasteiger partial charge is 0.0526 e. The molecule has 17 heavy (non-hydrogen) atoms. The van der Waals surface area contributed by atoms with Crippen LogP contribution in [0.3, 0.4) is 0 Å². The fourth-order valence-electron chi connectivity index (χ4n) is 2.42. The summed E-state index contributed by atoms with van der Waals surface area (Å²) < 4.78 is 2.33. The summed E-state index contributed by atoms with van der Waals surface area (Å²) in [5.74, 6) is 0. The van der Waals surface area contributed by atoms with Gasteiger partial charge in [-0.05, 0) is 52.7 Å². The molecule has 0 radical (unpaired) electrons. The lowest BCUT2D eigenvalue weighted by Crippen LogP contribution is -2.28. The van der Waals surface area contributed by atoms with Gasteiger partial charge in [0.2, 0.25) is 0 Å². The van der Waals surface area contributed by atoms with Gasteiger partial charge >= 0.3 is 0 Å². The highest BCUT2D eigenvalue weighted by atomic mass is 16.3. The summed E-state index contributed by atoms with van der Waals surface area (Å²) >= 11 is 0. The molecule has 0 aliphatic carbocycles. The Labute approximate surface area is 105 Å². The van der Waals surface area contributed by atoms with E-state index in [9.17, 15) is 5.11 Å². The predicted octanol–water partition coefficient (Wildman–Crippen LogP) is 2.37. The molecule has 2 atom stereocenters. The van der Waals surface area contributed by atoms with Gasteiger partial charge in [-0.15, -0.1) is 0 Å². The molecule has 2 unspecified atom stereocenters. The van der Waals surface area contributed by atoms with Crippen LogP contribution in [0.4, 0.5) is 0 Å². The third kappa shape index (κ3) is 3.86. The van der Waals surface area contributed by atoms with E-state index in [1.165, 1.54) is 17.0 Å². The van der Waals surface area contributed by atoms with Crippen molar-refractivity contribution in [3.05, 3.63) is 23.0 Å². The van der Waals surface area contributed by atoms with Crippen molar-refractivity contribution in [3.8, 4) is 0 Å². The molecule has 0 amide bonds. The molecule has 3 nitrogen and oxygen atoms in total. The van der Waals surface area contributed by atoms with E-state index in [1.54, 1.807) is 0 Å². The highest BCUT2D eigenvalue weighted by Gasteiger charge is 2.10. The molecule has 2 N–H and O–H groups in total. The molecule has 0 aromatic carbocycles. The maximum Gasteiger partial charge on any atom is 0.0526 e. The summed E-state index contributed by atoms with van der Waals surface area (Å²) in [5.41, 5.74) is 4.04. The molecule has 1 heterocycles. The molecule has 1 aromatic heterocycles. The second-order valence-electron chi connectivity index (χ2n) is 5.01. The van der Waals surface area contributed by atoms with E-state index in [1.807, 2.05) is 6.92 Å². The van der Waals surface area contributed by atoms with Gasteiger partial charge in [-0.3, -0.25) is 0 Å². The summed E-state index contributed by atoms with van der Waals surface area (Å²) in [6.45, 7) is 12.4. The van der Waals surface area contributed by atoms with E-state index >= 15 is 0 Å². The lowest BCUT2D eigenvalue weighted by Gasteiger charge is -2.15. The van der Waals surface area contributed by atoms with Crippen LogP contribution in [0.2, 0.25) is 0 Å². The zero-order chi connectivity index (χ0) is 13.0. The van der Waals surface area contributed by atoms with Gasteiger partial charge in [0.1, 0.15) is 0 Å². The van der Waals surface area contributed by atoms with Crippen molar-refractivity contribution in [2.45, 2.75) is 66.3 Å². The first kappa shape index (κ1) is 14.3. The minimum absolute atomic E-state index is 0.236. The first-order chi connectivity index (χ1) is 7.95. The van der Waals surface area contributed by atoms with E-state index in [2.05, 4.69) is 43.6 Å². The average molecular weight is 238 g/mol. The highest BCUT2D eigenvalue weighted by Crippen LogP contribution is 2.15. The fraction of sp³-hybridized carbons (Fsp3) is 0.714. The molecule has 3 heteroatoms. The Kier molecular flexibility index (Phi) is 5.22. The maximum absolute atomic E-state index is 9.32. The molecule has 0 bridgehead atoms. The van der Waals surface area contributed by atoms with E-state index in [0.717, 1.165) is 19.5 Å². The first-order valence-electron chi connectivity index (χ1n) is 6.52. The number of hydrogen-bond acceptors (Lipinski definition) is 2. The number of rotatable bonds is 6. The van der Waals surface area contributed by atoms with Gasteiger partial charge in [-0.1, -0.05) is 0 Å². The first-order valence-corrected chi connectivity index (χ1v) is 6.52. The second-order valence-corrected chi connectivity index (χ2v) is 5.01. The van der Waals surface area contributed by atoms with Crippen molar-refractivity contribution in [2.24, 2.45) is 0 Å². The Hall–Kier alpha value is -0.800. The van der Waals surface area contributed by atoms with Crippen LogP contribution in [0.1, 0.15) is 44.1 Å². The van der Waals surface area contributed by atoms with Crippen molar-refractivity contribution in [2.75, 3.05) is 0 Å². The van der Waals surface area contributed by atoms with Crippen LogP contribution >= 0.6 is 0 Å². The average Bonchev–Trinajstić information content (AvgIpc) is 2.49. The van der Waals surface area contributed by atoms with Gasteiger partial charge in [0.15, 0.2) is 0 Å². The van der Waals surface area contributed by atoms with E-state index in [4.69, 9.17) is 0 Å². The maximum atomic E-state index is 9.32. The number of nitrogens with zero attached hydrogens (tertiary/aromatic N) is 1. The number of aliphatic hydroxyl groups is 1. The Bertz CT molecular complexity index is 355. The summed E-state index contributed by atoms with van der Waals surface area (Å²) in [6.07, 6.45) is 0.563. The predicted molar refractivity (Wildman–Crippen MR) is 72.2 cm³/mol. The van der Waals surface area contributed by atoms with Crippen LogP contribution < -0.4 is 5.32 Å². The van der Waals surface area contributed by atoms with Gasteiger partial charge in [-0.2, -0.15) is 0 Å². The molecule has 0 fully saturated rings. The Morgan fingerprint density at radius 3 is 2.47 bits per heavy atom. The molecule has 98 valence electrons. The Morgan fingerprint density at radius 2 is 2.00 bits per heavy atom. The van der Waals surface area contributed by atoms with Gasteiger partial charge in [-0.25, -0.2) is 0 Å². The van der Waals surface area contributed by atoms with Crippen LogP contribution in [0.5, 0.6) is 0 Å². The number of nitrogens with one attached hydrogen (secondary N) is 1. The van der Waals surface area contributed by atoms with Crippen molar-refractivity contribution in [3.63, 3.8) is 0 Å². The van der Waals surface area contributed by atoms with Gasteiger partial charge < -0.3 is 15.0 Å². The molecule has 1 rings (SSSR count). The summed E-state index contributed by atoms with van der Waals surface area (Å²) in [6, 6.07) is 2.60. The van der Waals surface area contributed by atoms with Crippen molar-refractivity contribution in [1.82, 2.24) is 9.88 Å². The Morgan fingerprint density at radius 1 is 1.35 bits per heavy atom. The quantitative estimate of drug-likeness (QED) is 0.798. The second kappa shape index (κ2) is 6.22. The molecule has 0 aliphatic rings. The molecule has 0 saturated heterocycles. The van der Waals surface area contributed by atoms with Crippen LogP contribution in [-0.4, -0.2) is 21.8 Å². The molecular weight excluding hydrogens is 212 g/mol. The van der Waals surface area contributed by atoms with Gasteiger partial charge in [0.25, 0.3) is 0 Å². The lowest BCUT2D eigenvalue weighted by atomic mass is 10.1. The zero-order valence-corrected chi connectivity index (χ0v) is 11.7. The number of hydrogen-bond donors (Lipinski definition) is 2. The molecule has 0 aliphatic heterocycles. The summed E-state index contributed by atoms with van der Waals surface area (Å²) in [7, 11) is 0. The van der Waals surface area contributed by atoms with Crippen molar-refractivity contribution < 1.29 is 5.11 Å². The highest BCUT2D eigenvalue weighted by molar-refractivity contribution is 5.26. The lowest BCUT2D eigenvalue weighted by molar-refractivity contribution is 0.170. The zero-order valence-electron chi connectivity index (χ0n) is 11.7.